The first-order valence-corrected chi connectivity index (χ1v) is 8.65. The number of hydrogen-bond acceptors (Lipinski definition) is 3. The van der Waals surface area contributed by atoms with Gasteiger partial charge in [-0.3, -0.25) is 0 Å². The van der Waals surface area contributed by atoms with Crippen LogP contribution in [-0.2, 0) is 6.54 Å². The van der Waals surface area contributed by atoms with E-state index in [1.165, 1.54) is 19.3 Å². The molecular weight excluding hydrogens is 279 g/mol. The summed E-state index contributed by atoms with van der Waals surface area (Å²) in [5.74, 6) is 0.409. The summed E-state index contributed by atoms with van der Waals surface area (Å²) in [5, 5.41) is 13.2. The van der Waals surface area contributed by atoms with Crippen LogP contribution in [0.25, 0.3) is 0 Å². The second kappa shape index (κ2) is 7.42. The van der Waals surface area contributed by atoms with Crippen LogP contribution >= 0.6 is 0 Å². The van der Waals surface area contributed by atoms with Gasteiger partial charge in [-0.15, -0.1) is 0 Å². The van der Waals surface area contributed by atoms with Gasteiger partial charge in [-0.25, -0.2) is 4.39 Å². The van der Waals surface area contributed by atoms with E-state index in [2.05, 4.69) is 10.2 Å². The number of rotatable bonds is 5. The Morgan fingerprint density at radius 1 is 1.18 bits per heavy atom. The number of aliphatic hydroxyl groups excluding tert-OH is 1. The van der Waals surface area contributed by atoms with Gasteiger partial charge in [0.2, 0.25) is 0 Å². The molecule has 2 fully saturated rings. The van der Waals surface area contributed by atoms with Crippen molar-refractivity contribution in [3.63, 3.8) is 0 Å². The lowest BCUT2D eigenvalue weighted by Gasteiger charge is -2.27. The summed E-state index contributed by atoms with van der Waals surface area (Å²) in [6.45, 7) is 3.51. The summed E-state index contributed by atoms with van der Waals surface area (Å²) in [4.78, 5) is 2.30. The Hall–Kier alpha value is -1.13. The summed E-state index contributed by atoms with van der Waals surface area (Å²) in [6.07, 6.45) is 6.33. The van der Waals surface area contributed by atoms with Gasteiger partial charge in [-0.05, 0) is 56.7 Å². The molecule has 1 saturated heterocycles. The number of nitrogens with one attached hydrogen (secondary N) is 1. The maximum atomic E-state index is 14.2. The molecule has 22 heavy (non-hydrogen) atoms. The van der Waals surface area contributed by atoms with Gasteiger partial charge in [0.1, 0.15) is 5.82 Å². The zero-order valence-corrected chi connectivity index (χ0v) is 13.2. The van der Waals surface area contributed by atoms with E-state index in [0.29, 0.717) is 12.5 Å². The Bertz CT molecular complexity index is 488. The van der Waals surface area contributed by atoms with Crippen LogP contribution < -0.4 is 10.2 Å². The van der Waals surface area contributed by atoms with Crippen molar-refractivity contribution < 1.29 is 9.50 Å². The summed E-state index contributed by atoms with van der Waals surface area (Å²) in [5.41, 5.74) is 1.84. The van der Waals surface area contributed by atoms with E-state index >= 15 is 0 Å². The molecule has 1 aromatic carbocycles. The maximum Gasteiger partial charge on any atom is 0.129 e. The zero-order chi connectivity index (χ0) is 15.4. The Morgan fingerprint density at radius 3 is 2.77 bits per heavy atom. The molecule has 2 unspecified atom stereocenters. The predicted molar refractivity (Wildman–Crippen MR) is 87.5 cm³/mol. The van der Waals surface area contributed by atoms with Gasteiger partial charge in [0, 0.05) is 30.9 Å². The predicted octanol–water partition coefficient (Wildman–Crippen LogP) is 3.07. The second-order valence-corrected chi connectivity index (χ2v) is 6.75. The first kappa shape index (κ1) is 15.8. The highest BCUT2D eigenvalue weighted by molar-refractivity contribution is 5.54. The largest absolute Gasteiger partial charge is 0.393 e. The monoisotopic (exact) mass is 306 g/mol. The molecule has 4 heteroatoms. The average Bonchev–Trinajstić information content (AvgIpc) is 3.03. The number of nitrogens with zero attached hydrogens (tertiary/aromatic N) is 1. The fourth-order valence-electron chi connectivity index (χ4n) is 3.83. The lowest BCUT2D eigenvalue weighted by Crippen LogP contribution is -2.30. The molecule has 3 rings (SSSR count). The van der Waals surface area contributed by atoms with E-state index < -0.39 is 0 Å². The van der Waals surface area contributed by atoms with Crippen LogP contribution in [0.15, 0.2) is 18.2 Å². The smallest absolute Gasteiger partial charge is 0.129 e. The summed E-state index contributed by atoms with van der Waals surface area (Å²) in [7, 11) is 0. The highest BCUT2D eigenvalue weighted by atomic mass is 19.1. The Labute approximate surface area is 132 Å². The number of halogens is 1. The molecular formula is C18H27FN2O. The second-order valence-electron chi connectivity index (χ2n) is 6.75. The van der Waals surface area contributed by atoms with Gasteiger partial charge < -0.3 is 15.3 Å². The SMILES string of the molecule is OC1CCCC(CNCc2c(F)cccc2N2CCCC2)C1. The standard InChI is InChI=1S/C18H27FN2O/c19-17-7-4-8-18(21-9-1-2-10-21)16(17)13-20-12-14-5-3-6-15(22)11-14/h4,7-8,14-15,20,22H,1-3,5-6,9-13H2. The third-order valence-corrected chi connectivity index (χ3v) is 5.03. The van der Waals surface area contributed by atoms with Crippen molar-refractivity contribution in [2.75, 3.05) is 24.5 Å². The van der Waals surface area contributed by atoms with Crippen LogP contribution in [0.4, 0.5) is 10.1 Å². The third kappa shape index (κ3) is 3.79. The molecule has 1 heterocycles. The molecule has 2 atom stereocenters. The van der Waals surface area contributed by atoms with Gasteiger partial charge >= 0.3 is 0 Å². The van der Waals surface area contributed by atoms with E-state index in [1.807, 2.05) is 12.1 Å². The van der Waals surface area contributed by atoms with Gasteiger partial charge in [-0.1, -0.05) is 12.5 Å². The van der Waals surface area contributed by atoms with Crippen LogP contribution in [0.5, 0.6) is 0 Å². The van der Waals surface area contributed by atoms with Crippen LogP contribution in [0.3, 0.4) is 0 Å². The molecule has 122 valence electrons. The van der Waals surface area contributed by atoms with Gasteiger partial charge in [0.25, 0.3) is 0 Å². The van der Waals surface area contributed by atoms with E-state index in [0.717, 1.165) is 50.1 Å². The van der Waals surface area contributed by atoms with Crippen LogP contribution in [0.2, 0.25) is 0 Å². The van der Waals surface area contributed by atoms with Crippen molar-refractivity contribution >= 4 is 5.69 Å². The highest BCUT2D eigenvalue weighted by Gasteiger charge is 2.21. The fourth-order valence-corrected chi connectivity index (χ4v) is 3.83. The first-order valence-electron chi connectivity index (χ1n) is 8.65. The molecule has 0 spiro atoms. The number of benzene rings is 1. The van der Waals surface area contributed by atoms with E-state index in [9.17, 15) is 9.50 Å². The van der Waals surface area contributed by atoms with E-state index in [-0.39, 0.29) is 11.9 Å². The Balaban J connectivity index is 1.59. The molecule has 3 nitrogen and oxygen atoms in total. The topological polar surface area (TPSA) is 35.5 Å². The van der Waals surface area contributed by atoms with Gasteiger partial charge in [-0.2, -0.15) is 0 Å². The molecule has 1 aromatic rings. The Kier molecular flexibility index (Phi) is 5.32. The average molecular weight is 306 g/mol. The molecule has 1 aliphatic carbocycles. The highest BCUT2D eigenvalue weighted by Crippen LogP contribution is 2.27. The van der Waals surface area contributed by atoms with Crippen molar-refractivity contribution in [3.8, 4) is 0 Å². The molecule has 0 aromatic heterocycles. The molecule has 2 aliphatic rings. The normalized spacial score (nSPS) is 25.6. The number of anilines is 1. The van der Waals surface area contributed by atoms with Gasteiger partial charge in [0.15, 0.2) is 0 Å². The van der Waals surface area contributed by atoms with Crippen molar-refractivity contribution in [1.29, 1.82) is 0 Å². The molecule has 0 bridgehead atoms. The van der Waals surface area contributed by atoms with E-state index in [1.54, 1.807) is 6.07 Å². The van der Waals surface area contributed by atoms with Crippen LogP contribution in [-0.4, -0.2) is 30.8 Å². The van der Waals surface area contributed by atoms with Crippen molar-refractivity contribution in [1.82, 2.24) is 5.32 Å². The maximum absolute atomic E-state index is 14.2. The summed E-state index contributed by atoms with van der Waals surface area (Å²) >= 11 is 0. The Morgan fingerprint density at radius 2 is 2.00 bits per heavy atom. The van der Waals surface area contributed by atoms with E-state index in [4.69, 9.17) is 0 Å². The minimum Gasteiger partial charge on any atom is -0.393 e. The number of aliphatic hydroxyl groups is 1. The summed E-state index contributed by atoms with van der Waals surface area (Å²) in [6, 6.07) is 5.40. The fraction of sp³-hybridized carbons (Fsp3) is 0.667. The van der Waals surface area contributed by atoms with Crippen LogP contribution in [0, 0.1) is 11.7 Å². The molecule has 1 aliphatic heterocycles. The van der Waals surface area contributed by atoms with Crippen molar-refractivity contribution in [2.45, 2.75) is 51.2 Å². The number of hydrogen-bond donors (Lipinski definition) is 2. The first-order chi connectivity index (χ1) is 10.7. The minimum atomic E-state index is -0.144. The lowest BCUT2D eigenvalue weighted by molar-refractivity contribution is 0.101. The zero-order valence-electron chi connectivity index (χ0n) is 13.2. The molecule has 0 radical (unpaired) electrons. The quantitative estimate of drug-likeness (QED) is 0.877. The van der Waals surface area contributed by atoms with Crippen molar-refractivity contribution in [2.24, 2.45) is 5.92 Å². The lowest BCUT2D eigenvalue weighted by atomic mass is 9.87. The van der Waals surface area contributed by atoms with Gasteiger partial charge in [0.05, 0.1) is 6.10 Å². The molecule has 1 saturated carbocycles. The van der Waals surface area contributed by atoms with Crippen LogP contribution in [0.1, 0.15) is 44.1 Å². The third-order valence-electron chi connectivity index (χ3n) is 5.03. The van der Waals surface area contributed by atoms with Crippen molar-refractivity contribution in [3.05, 3.63) is 29.6 Å². The minimum absolute atomic E-state index is 0.111. The summed E-state index contributed by atoms with van der Waals surface area (Å²) < 4.78 is 14.2. The molecule has 0 amide bonds. The molecule has 2 N–H and O–H groups in total.